The molecule has 3 rings (SSSR count). The molecule has 124 valence electrons. The number of hydrogen-bond donors (Lipinski definition) is 1. The Labute approximate surface area is 134 Å². The molecule has 8 nitrogen and oxygen atoms in total. The molecule has 0 radical (unpaired) electrons. The molecule has 1 aliphatic rings. The van der Waals surface area contributed by atoms with Crippen LogP contribution in [0.5, 0.6) is 0 Å². The Kier molecular flexibility index (Phi) is 4.42. The molecule has 1 fully saturated rings. The highest BCUT2D eigenvalue weighted by Crippen LogP contribution is 2.31. The summed E-state index contributed by atoms with van der Waals surface area (Å²) in [5.74, 6) is 1.40. The largest absolute Gasteiger partial charge is 0.338 e. The fraction of sp³-hybridized carbons (Fsp3) is 0.600. The summed E-state index contributed by atoms with van der Waals surface area (Å²) in [6.45, 7) is 2.53. The van der Waals surface area contributed by atoms with Crippen LogP contribution >= 0.6 is 0 Å². The lowest BCUT2D eigenvalue weighted by Gasteiger charge is -2.25. The van der Waals surface area contributed by atoms with Crippen LogP contribution in [-0.2, 0) is 24.8 Å². The van der Waals surface area contributed by atoms with Gasteiger partial charge in [0.1, 0.15) is 0 Å². The molecule has 0 aliphatic carbocycles. The van der Waals surface area contributed by atoms with Gasteiger partial charge in [0.15, 0.2) is 5.82 Å². The van der Waals surface area contributed by atoms with Gasteiger partial charge in [-0.1, -0.05) is 12.1 Å². The monoisotopic (exact) mass is 318 g/mol. The van der Waals surface area contributed by atoms with Crippen LogP contribution in [0.15, 0.2) is 16.8 Å². The van der Waals surface area contributed by atoms with E-state index in [1.807, 2.05) is 20.2 Å². The molecule has 0 aromatic carbocycles. The molecule has 23 heavy (non-hydrogen) atoms. The van der Waals surface area contributed by atoms with Crippen LogP contribution < -0.4 is 5.32 Å². The number of carbonyl (C=O) groups is 1. The lowest BCUT2D eigenvalue weighted by Crippen LogP contribution is -2.36. The third-order valence-corrected chi connectivity index (χ3v) is 4.25. The van der Waals surface area contributed by atoms with Crippen molar-refractivity contribution in [3.63, 3.8) is 0 Å². The number of rotatable bonds is 6. The van der Waals surface area contributed by atoms with Gasteiger partial charge in [0, 0.05) is 39.2 Å². The Morgan fingerprint density at radius 3 is 2.96 bits per heavy atom. The third kappa shape index (κ3) is 3.12. The number of aromatic nitrogens is 4. The van der Waals surface area contributed by atoms with Crippen molar-refractivity contribution in [1.29, 1.82) is 0 Å². The first-order chi connectivity index (χ1) is 11.1. The van der Waals surface area contributed by atoms with Gasteiger partial charge >= 0.3 is 0 Å². The number of amides is 1. The van der Waals surface area contributed by atoms with Crippen molar-refractivity contribution in [3.05, 3.63) is 29.7 Å². The first-order valence-corrected chi connectivity index (χ1v) is 7.88. The van der Waals surface area contributed by atoms with Crippen molar-refractivity contribution in [2.75, 3.05) is 7.05 Å². The maximum absolute atomic E-state index is 12.1. The Bertz CT molecular complexity index is 679. The molecule has 1 amide bonds. The number of aryl methyl sites for hydroxylation is 2. The summed E-state index contributed by atoms with van der Waals surface area (Å²) in [5.41, 5.74) is 1.01. The van der Waals surface area contributed by atoms with Crippen LogP contribution in [0.2, 0.25) is 0 Å². The lowest BCUT2D eigenvalue weighted by atomic mass is 10.1. The first-order valence-electron chi connectivity index (χ1n) is 7.88. The molecule has 1 aliphatic heterocycles. The summed E-state index contributed by atoms with van der Waals surface area (Å²) in [6.07, 6.45) is 3.99. The lowest BCUT2D eigenvalue weighted by molar-refractivity contribution is -0.127. The number of nitrogens with one attached hydrogen (secondary N) is 1. The molecule has 8 heteroatoms. The number of nitrogens with zero attached hydrogens (tertiary/aromatic N) is 5. The minimum Gasteiger partial charge on any atom is -0.338 e. The van der Waals surface area contributed by atoms with Crippen molar-refractivity contribution >= 4 is 5.91 Å². The predicted octanol–water partition coefficient (Wildman–Crippen LogP) is 0.817. The van der Waals surface area contributed by atoms with Gasteiger partial charge in [-0.05, 0) is 12.5 Å². The number of hydrogen-bond acceptors (Lipinski definition) is 6. The molecule has 0 bridgehead atoms. The van der Waals surface area contributed by atoms with Gasteiger partial charge in [-0.2, -0.15) is 10.1 Å². The topological polar surface area (TPSA) is 89.1 Å². The molecule has 1 saturated heterocycles. The zero-order valence-electron chi connectivity index (χ0n) is 13.7. The van der Waals surface area contributed by atoms with E-state index in [9.17, 15) is 4.79 Å². The highest BCUT2D eigenvalue weighted by molar-refractivity contribution is 5.80. The SMILES string of the molecule is CCCc1noc(CN[C@@H]2CC(=O)N(C)[C@H]2c2ccnn2C)n1. The molecule has 2 atom stereocenters. The Morgan fingerprint density at radius 2 is 2.26 bits per heavy atom. The second-order valence-electron chi connectivity index (χ2n) is 5.88. The summed E-state index contributed by atoms with van der Waals surface area (Å²) in [6, 6.07) is 1.89. The van der Waals surface area contributed by atoms with Crippen molar-refractivity contribution in [2.24, 2.45) is 7.05 Å². The van der Waals surface area contributed by atoms with Gasteiger partial charge in [-0.25, -0.2) is 0 Å². The van der Waals surface area contributed by atoms with Crippen LogP contribution in [0.25, 0.3) is 0 Å². The maximum atomic E-state index is 12.1. The zero-order chi connectivity index (χ0) is 16.4. The van der Waals surface area contributed by atoms with Crippen LogP contribution in [0, 0.1) is 0 Å². The summed E-state index contributed by atoms with van der Waals surface area (Å²) in [5, 5.41) is 11.5. The average Bonchev–Trinajstić information content (AvgIpc) is 3.20. The molecular formula is C15H22N6O2. The average molecular weight is 318 g/mol. The quantitative estimate of drug-likeness (QED) is 0.848. The Hall–Kier alpha value is -2.22. The highest BCUT2D eigenvalue weighted by atomic mass is 16.5. The second-order valence-corrected chi connectivity index (χ2v) is 5.88. The van der Waals surface area contributed by atoms with Gasteiger partial charge in [0.2, 0.25) is 11.8 Å². The summed E-state index contributed by atoms with van der Waals surface area (Å²) in [4.78, 5) is 18.2. The van der Waals surface area contributed by atoms with E-state index >= 15 is 0 Å². The molecule has 3 heterocycles. The van der Waals surface area contributed by atoms with Crippen LogP contribution in [0.3, 0.4) is 0 Å². The van der Waals surface area contributed by atoms with E-state index < -0.39 is 0 Å². The van der Waals surface area contributed by atoms with Crippen molar-refractivity contribution in [1.82, 2.24) is 30.1 Å². The summed E-state index contributed by atoms with van der Waals surface area (Å²) < 4.78 is 7.05. The second kappa shape index (κ2) is 6.49. The molecule has 2 aromatic heterocycles. The van der Waals surface area contributed by atoms with Gasteiger partial charge in [-0.3, -0.25) is 9.48 Å². The van der Waals surface area contributed by atoms with Crippen molar-refractivity contribution < 1.29 is 9.32 Å². The van der Waals surface area contributed by atoms with E-state index in [1.54, 1.807) is 15.8 Å². The van der Waals surface area contributed by atoms with E-state index in [4.69, 9.17) is 4.52 Å². The van der Waals surface area contributed by atoms with Gasteiger partial charge in [0.25, 0.3) is 0 Å². The van der Waals surface area contributed by atoms with Crippen LogP contribution in [0.1, 0.15) is 43.2 Å². The standard InChI is InChI=1S/C15H22N6O2/c1-4-5-12-18-13(23-19-12)9-16-10-8-14(22)20(2)15(10)11-6-7-17-21(11)3/h6-7,10,15-16H,4-5,8-9H2,1-3H3/t10-,15-/m1/s1. The molecular weight excluding hydrogens is 296 g/mol. The fourth-order valence-corrected chi connectivity index (χ4v) is 3.04. The molecule has 0 spiro atoms. The third-order valence-electron chi connectivity index (χ3n) is 4.25. The smallest absolute Gasteiger partial charge is 0.240 e. The zero-order valence-corrected chi connectivity index (χ0v) is 13.7. The summed E-state index contributed by atoms with van der Waals surface area (Å²) >= 11 is 0. The number of likely N-dealkylation sites (N-methyl/N-ethyl adjacent to an activating group) is 1. The molecule has 1 N–H and O–H groups in total. The van der Waals surface area contributed by atoms with Gasteiger partial charge in [0.05, 0.1) is 18.3 Å². The molecule has 0 saturated carbocycles. The van der Waals surface area contributed by atoms with Gasteiger partial charge in [-0.15, -0.1) is 0 Å². The minimum atomic E-state index is -0.0481. The van der Waals surface area contributed by atoms with E-state index in [0.29, 0.717) is 18.9 Å². The van der Waals surface area contributed by atoms with E-state index in [1.165, 1.54) is 0 Å². The van der Waals surface area contributed by atoms with Gasteiger partial charge < -0.3 is 14.7 Å². The molecule has 2 aromatic rings. The summed E-state index contributed by atoms with van der Waals surface area (Å²) in [7, 11) is 3.71. The number of likely N-dealkylation sites (tertiary alicyclic amines) is 1. The Balaban J connectivity index is 1.70. The van der Waals surface area contributed by atoms with Crippen molar-refractivity contribution in [2.45, 2.75) is 44.8 Å². The van der Waals surface area contributed by atoms with Crippen LogP contribution in [0.4, 0.5) is 0 Å². The van der Waals surface area contributed by atoms with E-state index in [-0.39, 0.29) is 18.0 Å². The Morgan fingerprint density at radius 1 is 1.43 bits per heavy atom. The first kappa shape index (κ1) is 15.7. The van der Waals surface area contributed by atoms with E-state index in [0.717, 1.165) is 24.4 Å². The molecule has 0 unspecified atom stereocenters. The predicted molar refractivity (Wildman–Crippen MR) is 82.3 cm³/mol. The minimum absolute atomic E-state index is 0.00979. The van der Waals surface area contributed by atoms with Crippen LogP contribution in [-0.4, -0.2) is 43.8 Å². The van der Waals surface area contributed by atoms with E-state index in [2.05, 4.69) is 27.5 Å². The highest BCUT2D eigenvalue weighted by Gasteiger charge is 2.39. The number of carbonyl (C=O) groups excluding carboxylic acids is 1. The maximum Gasteiger partial charge on any atom is 0.240 e. The fourth-order valence-electron chi connectivity index (χ4n) is 3.04. The normalized spacial score (nSPS) is 21.3. The van der Waals surface area contributed by atoms with Crippen molar-refractivity contribution in [3.8, 4) is 0 Å².